The molecule has 156 valence electrons. The molecule has 31 heavy (non-hydrogen) atoms. The largest absolute Gasteiger partial charge is 0.273 e. The van der Waals surface area contributed by atoms with Crippen molar-refractivity contribution < 1.29 is 18.8 Å². The molecule has 2 fully saturated rings. The Bertz CT molecular complexity index is 1190. The number of anilines is 2. The number of benzene rings is 3. The van der Waals surface area contributed by atoms with E-state index in [0.717, 1.165) is 11.0 Å². The minimum Gasteiger partial charge on any atom is -0.273 e. The van der Waals surface area contributed by atoms with Crippen molar-refractivity contribution >= 4 is 46.4 Å². The van der Waals surface area contributed by atoms with Gasteiger partial charge in [0.25, 0.3) is 5.91 Å². The number of imide groups is 1. The fraction of sp³-hybridized carbons (Fsp3) is 0.130. The number of amides is 2. The second kappa shape index (κ2) is 7.64. The fourth-order valence-electron chi connectivity index (χ4n) is 4.14. The lowest BCUT2D eigenvalue weighted by atomic mass is 9.90. The van der Waals surface area contributed by atoms with Gasteiger partial charge in [0.1, 0.15) is 11.7 Å². The number of hydrogen-bond donors (Lipinski definition) is 0. The van der Waals surface area contributed by atoms with Crippen molar-refractivity contribution in [2.75, 3.05) is 9.96 Å². The van der Waals surface area contributed by atoms with Crippen molar-refractivity contribution in [3.63, 3.8) is 0 Å². The van der Waals surface area contributed by atoms with E-state index in [2.05, 4.69) is 0 Å². The van der Waals surface area contributed by atoms with Crippen LogP contribution in [0.1, 0.15) is 11.6 Å². The molecule has 3 atom stereocenters. The summed E-state index contributed by atoms with van der Waals surface area (Å²) in [7, 11) is 0. The third-order valence-electron chi connectivity index (χ3n) is 5.47. The summed E-state index contributed by atoms with van der Waals surface area (Å²) < 4.78 is 13.8. The van der Waals surface area contributed by atoms with Crippen molar-refractivity contribution in [3.05, 3.63) is 94.2 Å². The van der Waals surface area contributed by atoms with Gasteiger partial charge in [-0.25, -0.2) is 14.4 Å². The predicted molar refractivity (Wildman–Crippen MR) is 115 cm³/mol. The molecule has 2 amide bonds. The van der Waals surface area contributed by atoms with Gasteiger partial charge in [-0.05, 0) is 48.0 Å². The van der Waals surface area contributed by atoms with Gasteiger partial charge in [0, 0.05) is 10.0 Å². The number of nitrogens with zero attached hydrogens (tertiary/aromatic N) is 2. The third kappa shape index (κ3) is 3.28. The van der Waals surface area contributed by atoms with Gasteiger partial charge in [-0.1, -0.05) is 53.5 Å². The number of halogens is 3. The van der Waals surface area contributed by atoms with Crippen molar-refractivity contribution in [1.82, 2.24) is 0 Å². The summed E-state index contributed by atoms with van der Waals surface area (Å²) >= 11 is 12.5. The highest BCUT2D eigenvalue weighted by molar-refractivity contribution is 6.35. The molecule has 2 aliphatic heterocycles. The quantitative estimate of drug-likeness (QED) is 0.509. The summed E-state index contributed by atoms with van der Waals surface area (Å²) in [6, 6.07) is 18.8. The van der Waals surface area contributed by atoms with E-state index < -0.39 is 35.7 Å². The first-order valence-electron chi connectivity index (χ1n) is 9.55. The average Bonchev–Trinajstić information content (AvgIpc) is 3.25. The topological polar surface area (TPSA) is 49.9 Å². The molecule has 2 saturated heterocycles. The summed E-state index contributed by atoms with van der Waals surface area (Å²) in [6.45, 7) is 0. The van der Waals surface area contributed by atoms with E-state index in [9.17, 15) is 14.0 Å². The molecule has 0 spiro atoms. The molecule has 0 bridgehead atoms. The Morgan fingerprint density at radius 1 is 0.839 bits per heavy atom. The lowest BCUT2D eigenvalue weighted by Gasteiger charge is -2.29. The number of hydroxylamine groups is 1. The minimum absolute atomic E-state index is 0.167. The van der Waals surface area contributed by atoms with Crippen molar-refractivity contribution in [1.29, 1.82) is 0 Å². The lowest BCUT2D eigenvalue weighted by Crippen LogP contribution is -2.37. The molecule has 0 unspecified atom stereocenters. The zero-order valence-corrected chi connectivity index (χ0v) is 17.4. The smallest absolute Gasteiger partial charge is 0.266 e. The number of hydrogen-bond acceptors (Lipinski definition) is 4. The zero-order chi connectivity index (χ0) is 21.7. The van der Waals surface area contributed by atoms with Gasteiger partial charge in [0.15, 0.2) is 6.10 Å². The molecule has 5 nitrogen and oxygen atoms in total. The third-order valence-corrected chi connectivity index (χ3v) is 6.04. The first-order chi connectivity index (χ1) is 15.0. The van der Waals surface area contributed by atoms with Gasteiger partial charge in [0.2, 0.25) is 5.91 Å². The van der Waals surface area contributed by atoms with Crippen LogP contribution in [0, 0.1) is 11.7 Å². The van der Waals surface area contributed by atoms with Gasteiger partial charge in [-0.15, -0.1) is 0 Å². The van der Waals surface area contributed by atoms with E-state index in [1.807, 2.05) is 30.3 Å². The summed E-state index contributed by atoms with van der Waals surface area (Å²) in [6.07, 6.45) is -1.06. The molecule has 2 heterocycles. The van der Waals surface area contributed by atoms with E-state index in [1.54, 1.807) is 23.3 Å². The Hall–Kier alpha value is -2.93. The molecule has 0 saturated carbocycles. The molecule has 3 aromatic carbocycles. The molecular weight excluding hydrogens is 442 g/mol. The number of para-hydroxylation sites is 1. The first-order valence-corrected chi connectivity index (χ1v) is 10.3. The van der Waals surface area contributed by atoms with Gasteiger partial charge in [0.05, 0.1) is 17.4 Å². The van der Waals surface area contributed by atoms with Crippen LogP contribution in [0.25, 0.3) is 0 Å². The standard InChI is InChI=1S/C23H15Cl2FN2O3/c24-13-9-10-17(18(25)11-13)20-19-21(31-28(20)15-6-2-1-3-7-15)23(30)27(22(19)29)16-8-4-5-14(26)12-16/h1-12,19-21H/t19-,20-,21+/m1/s1. The molecule has 5 rings (SSSR count). The molecular formula is C23H15Cl2FN2O3. The predicted octanol–water partition coefficient (Wildman–Crippen LogP) is 5.18. The van der Waals surface area contributed by atoms with Crippen molar-refractivity contribution in [3.8, 4) is 0 Å². The SMILES string of the molecule is O=C1[C@H]2[C@H](ON(c3ccccc3)[C@@H]2c2ccc(Cl)cc2Cl)C(=O)N1c1cccc(F)c1. The minimum atomic E-state index is -1.06. The van der Waals surface area contributed by atoms with Crippen LogP contribution in [-0.2, 0) is 14.4 Å². The van der Waals surface area contributed by atoms with Crippen LogP contribution in [-0.4, -0.2) is 17.9 Å². The Balaban J connectivity index is 1.62. The van der Waals surface area contributed by atoms with Crippen LogP contribution in [0.15, 0.2) is 72.8 Å². The van der Waals surface area contributed by atoms with Crippen LogP contribution in [0.3, 0.4) is 0 Å². The summed E-state index contributed by atoms with van der Waals surface area (Å²) in [5.41, 5.74) is 1.44. The van der Waals surface area contributed by atoms with E-state index in [1.165, 1.54) is 18.2 Å². The number of carbonyl (C=O) groups is 2. The molecule has 0 N–H and O–H groups in total. The van der Waals surface area contributed by atoms with Gasteiger partial charge in [-0.2, -0.15) is 0 Å². The summed E-state index contributed by atoms with van der Waals surface area (Å²) in [4.78, 5) is 33.6. The summed E-state index contributed by atoms with van der Waals surface area (Å²) in [5, 5.41) is 2.35. The maximum absolute atomic E-state index is 13.8. The maximum Gasteiger partial charge on any atom is 0.266 e. The van der Waals surface area contributed by atoms with Gasteiger partial charge >= 0.3 is 0 Å². The summed E-state index contributed by atoms with van der Waals surface area (Å²) in [5.74, 6) is -2.43. The van der Waals surface area contributed by atoms with Crippen LogP contribution < -0.4 is 9.96 Å². The fourth-order valence-corrected chi connectivity index (χ4v) is 4.66. The number of carbonyl (C=O) groups excluding carboxylic acids is 2. The normalized spacial score (nSPS) is 22.9. The van der Waals surface area contributed by atoms with Crippen LogP contribution in [0.2, 0.25) is 10.0 Å². The van der Waals surface area contributed by atoms with Crippen LogP contribution in [0.5, 0.6) is 0 Å². The Morgan fingerprint density at radius 3 is 2.29 bits per heavy atom. The number of fused-ring (bicyclic) bond motifs is 1. The van der Waals surface area contributed by atoms with E-state index in [-0.39, 0.29) is 5.69 Å². The second-order valence-corrected chi connectivity index (χ2v) is 8.16. The Labute approximate surface area is 187 Å². The Morgan fingerprint density at radius 2 is 1.58 bits per heavy atom. The molecule has 8 heteroatoms. The zero-order valence-electron chi connectivity index (χ0n) is 15.9. The highest BCUT2D eigenvalue weighted by atomic mass is 35.5. The van der Waals surface area contributed by atoms with Gasteiger partial charge < -0.3 is 0 Å². The van der Waals surface area contributed by atoms with E-state index >= 15 is 0 Å². The average molecular weight is 457 g/mol. The van der Waals surface area contributed by atoms with Crippen molar-refractivity contribution in [2.24, 2.45) is 5.92 Å². The van der Waals surface area contributed by atoms with E-state index in [0.29, 0.717) is 21.3 Å². The van der Waals surface area contributed by atoms with Crippen LogP contribution >= 0.6 is 23.2 Å². The maximum atomic E-state index is 13.8. The first kappa shape index (κ1) is 20.0. The molecule has 0 aromatic heterocycles. The monoisotopic (exact) mass is 456 g/mol. The molecule has 0 radical (unpaired) electrons. The highest BCUT2D eigenvalue weighted by Crippen LogP contribution is 2.49. The lowest BCUT2D eigenvalue weighted by molar-refractivity contribution is -0.126. The van der Waals surface area contributed by atoms with Crippen molar-refractivity contribution in [2.45, 2.75) is 12.1 Å². The second-order valence-electron chi connectivity index (χ2n) is 7.32. The van der Waals surface area contributed by atoms with E-state index in [4.69, 9.17) is 28.0 Å². The molecule has 0 aliphatic carbocycles. The van der Waals surface area contributed by atoms with Crippen LogP contribution in [0.4, 0.5) is 15.8 Å². The highest BCUT2D eigenvalue weighted by Gasteiger charge is 2.60. The number of rotatable bonds is 3. The molecule has 3 aromatic rings. The van der Waals surface area contributed by atoms with Gasteiger partial charge in [-0.3, -0.25) is 14.4 Å². The Kier molecular flexibility index (Phi) is 4.93. The molecule has 2 aliphatic rings.